The van der Waals surface area contributed by atoms with Gasteiger partial charge in [0.25, 0.3) is 5.08 Å². The molecule has 0 radical (unpaired) electrons. The monoisotopic (exact) mass is 349 g/mol. The molecule has 19 heavy (non-hydrogen) atoms. The third-order valence-corrected chi connectivity index (χ3v) is 5.53. The standard InChI is InChI=1S/C4H13NO7P2.CH2O3.Ca/c5-3-1-2-4(6,13(7,8)9)14(10,11)12;2-1(3)4;/h6H,1-3,5H2,(H2,7,8,9)(H2,10,11,12);(H2,2,3,4);/q;;+2/p-2. The molecule has 0 aromatic heterocycles. The Kier molecular flexibility index (Phi) is 12.6. The van der Waals surface area contributed by atoms with Gasteiger partial charge in [-0.05, 0) is 19.1 Å². The summed E-state index contributed by atoms with van der Waals surface area (Å²) < 4.78 is 21.4. The summed E-state index contributed by atoms with van der Waals surface area (Å²) in [4.78, 5) is 42.8. The van der Waals surface area contributed by atoms with Crippen molar-refractivity contribution in [2.45, 2.75) is 17.9 Å². The van der Waals surface area contributed by atoms with Crippen LogP contribution in [0.15, 0.2) is 0 Å². The van der Waals surface area contributed by atoms with Crippen molar-refractivity contribution in [3.63, 3.8) is 0 Å². The molecule has 0 amide bonds. The molecule has 110 valence electrons. The van der Waals surface area contributed by atoms with Gasteiger partial charge in [0.1, 0.15) is 0 Å². The van der Waals surface area contributed by atoms with Gasteiger partial charge < -0.3 is 45.4 Å². The molecule has 0 heterocycles. The molecule has 0 unspecified atom stereocenters. The second kappa shape index (κ2) is 9.64. The van der Waals surface area contributed by atoms with E-state index in [0.717, 1.165) is 0 Å². The van der Waals surface area contributed by atoms with Gasteiger partial charge in [0, 0.05) is 6.42 Å². The summed E-state index contributed by atoms with van der Waals surface area (Å²) in [6.07, 6.45) is -3.19. The Hall–Kier alpha value is 0.750. The maximum Gasteiger partial charge on any atom is 2.00 e. The van der Waals surface area contributed by atoms with Crippen molar-refractivity contribution < 1.29 is 48.8 Å². The molecule has 0 aromatic carbocycles. The fraction of sp³-hybridized carbons (Fsp3) is 0.800. The first-order chi connectivity index (χ1) is 7.79. The summed E-state index contributed by atoms with van der Waals surface area (Å²) >= 11 is 0. The van der Waals surface area contributed by atoms with E-state index < -0.39 is 32.9 Å². The van der Waals surface area contributed by atoms with Gasteiger partial charge in [0.2, 0.25) is 0 Å². The molecule has 0 saturated carbocycles. The largest absolute Gasteiger partial charge is 2.00 e. The van der Waals surface area contributed by atoms with Gasteiger partial charge in [0.15, 0.2) is 0 Å². The van der Waals surface area contributed by atoms with Crippen molar-refractivity contribution in [3.8, 4) is 0 Å². The molecule has 14 heteroatoms. The van der Waals surface area contributed by atoms with Crippen molar-refractivity contribution in [2.24, 2.45) is 5.73 Å². The van der Waals surface area contributed by atoms with Gasteiger partial charge in [0.05, 0.1) is 0 Å². The Morgan fingerprint density at radius 1 is 1.11 bits per heavy atom. The Bertz CT molecular complexity index is 337. The maximum atomic E-state index is 10.7. The number of rotatable bonds is 5. The van der Waals surface area contributed by atoms with Gasteiger partial charge >= 0.3 is 52.9 Å². The minimum absolute atomic E-state index is 0. The molecule has 0 spiro atoms. The van der Waals surface area contributed by atoms with E-state index in [1.165, 1.54) is 0 Å². The molecule has 0 rings (SSSR count). The summed E-state index contributed by atoms with van der Waals surface area (Å²) in [6.45, 7) is -0.0394. The number of hydrogen-bond acceptors (Lipinski definition) is 7. The van der Waals surface area contributed by atoms with E-state index in [-0.39, 0.29) is 50.7 Å². The second-order valence-corrected chi connectivity index (χ2v) is 7.01. The van der Waals surface area contributed by atoms with Crippen LogP contribution in [0.5, 0.6) is 0 Å². The normalized spacial score (nSPS) is 11.9. The number of aliphatic hydroxyl groups is 1. The minimum atomic E-state index is -5.30. The SMILES string of the molecule is NCCCC(O)(P(=O)(O)O)P(=O)(O)O.O=C([O-])[O-].[Ca+2]. The van der Waals surface area contributed by atoms with Crippen LogP contribution >= 0.6 is 15.2 Å². The maximum absolute atomic E-state index is 10.7. The van der Waals surface area contributed by atoms with Gasteiger partial charge in [-0.1, -0.05) is 0 Å². The quantitative estimate of drug-likeness (QED) is 0.206. The summed E-state index contributed by atoms with van der Waals surface area (Å²) in [5.41, 5.74) is 5.01. The van der Waals surface area contributed by atoms with Gasteiger partial charge in [-0.15, -0.1) is 0 Å². The van der Waals surface area contributed by atoms with Crippen LogP contribution in [0.4, 0.5) is 4.79 Å². The van der Waals surface area contributed by atoms with E-state index in [2.05, 4.69) is 0 Å². The molecular formula is C5H13CaNO10P2. The molecule has 11 nitrogen and oxygen atoms in total. The summed E-state index contributed by atoms with van der Waals surface area (Å²) in [5.74, 6) is 0. The van der Waals surface area contributed by atoms with Crippen LogP contribution in [-0.4, -0.2) is 80.2 Å². The third kappa shape index (κ3) is 9.33. The van der Waals surface area contributed by atoms with Crippen molar-refractivity contribution in [3.05, 3.63) is 0 Å². The average molecular weight is 349 g/mol. The number of carboxylic acid groups (broad SMARTS) is 2. The molecule has 0 aliphatic rings. The molecular weight excluding hydrogens is 336 g/mol. The van der Waals surface area contributed by atoms with Crippen LogP contribution < -0.4 is 15.9 Å². The van der Waals surface area contributed by atoms with Gasteiger partial charge in [-0.3, -0.25) is 9.13 Å². The fourth-order valence-electron chi connectivity index (χ4n) is 0.800. The van der Waals surface area contributed by atoms with Crippen LogP contribution in [0, 0.1) is 0 Å². The predicted octanol–water partition coefficient (Wildman–Crippen LogP) is -4.10. The predicted molar refractivity (Wildman–Crippen MR) is 58.5 cm³/mol. The van der Waals surface area contributed by atoms with Crippen molar-refractivity contribution >= 4 is 59.1 Å². The Labute approximate surface area is 137 Å². The molecule has 0 fully saturated rings. The van der Waals surface area contributed by atoms with Gasteiger partial charge in [-0.25, -0.2) is 0 Å². The van der Waals surface area contributed by atoms with Crippen LogP contribution in [0.1, 0.15) is 12.8 Å². The molecule has 0 bridgehead atoms. The molecule has 0 atom stereocenters. The first-order valence-corrected chi connectivity index (χ1v) is 7.43. The van der Waals surface area contributed by atoms with Crippen LogP contribution in [-0.2, 0) is 9.13 Å². The van der Waals surface area contributed by atoms with E-state index >= 15 is 0 Å². The van der Waals surface area contributed by atoms with E-state index in [0.29, 0.717) is 0 Å². The van der Waals surface area contributed by atoms with Crippen molar-refractivity contribution in [1.29, 1.82) is 0 Å². The summed E-state index contributed by atoms with van der Waals surface area (Å²) in [5, 5.41) is 22.6. The van der Waals surface area contributed by atoms with Crippen molar-refractivity contribution in [2.75, 3.05) is 6.54 Å². The zero-order valence-corrected chi connectivity index (χ0v) is 13.6. The van der Waals surface area contributed by atoms with E-state index in [9.17, 15) is 14.2 Å². The Balaban J connectivity index is -0.000000448. The zero-order valence-electron chi connectivity index (χ0n) is 9.58. The number of carbonyl (C=O) groups is 1. The van der Waals surface area contributed by atoms with Gasteiger partial charge in [-0.2, -0.15) is 0 Å². The fourth-order valence-corrected chi connectivity index (χ4v) is 3.06. The van der Waals surface area contributed by atoms with Crippen LogP contribution in [0.3, 0.4) is 0 Å². The smallest absolute Gasteiger partial charge is 0.652 e. The van der Waals surface area contributed by atoms with E-state index in [1.807, 2.05) is 0 Å². The zero-order chi connectivity index (χ0) is 15.2. The van der Waals surface area contributed by atoms with Crippen LogP contribution in [0.2, 0.25) is 0 Å². The van der Waals surface area contributed by atoms with Crippen molar-refractivity contribution in [1.82, 2.24) is 0 Å². The molecule has 0 aromatic rings. The Morgan fingerprint density at radius 2 is 1.37 bits per heavy atom. The Morgan fingerprint density at radius 3 is 1.53 bits per heavy atom. The molecule has 7 N–H and O–H groups in total. The molecule has 0 aliphatic heterocycles. The van der Waals surface area contributed by atoms with E-state index in [1.54, 1.807) is 0 Å². The number of carbonyl (C=O) groups excluding carboxylic acids is 1. The molecule has 0 aliphatic carbocycles. The number of nitrogens with two attached hydrogens (primary N) is 1. The summed E-state index contributed by atoms with van der Waals surface area (Å²) in [7, 11) is -10.6. The first-order valence-electron chi connectivity index (χ1n) is 4.21. The van der Waals surface area contributed by atoms with E-state index in [4.69, 9.17) is 40.3 Å². The first kappa shape index (κ1) is 24.7. The minimum Gasteiger partial charge on any atom is -0.652 e. The van der Waals surface area contributed by atoms with Crippen LogP contribution in [0.25, 0.3) is 0 Å². The molecule has 0 saturated heterocycles. The summed E-state index contributed by atoms with van der Waals surface area (Å²) in [6, 6.07) is 0. The average Bonchev–Trinajstić information content (AvgIpc) is 2.09. The number of hydrogen-bond donors (Lipinski definition) is 6. The topological polar surface area (TPSA) is 224 Å². The second-order valence-electron chi connectivity index (χ2n) is 3.00. The third-order valence-electron chi connectivity index (χ3n) is 1.65.